The largest absolute Gasteiger partial charge is 0.478 e. The van der Waals surface area contributed by atoms with Gasteiger partial charge in [0.05, 0.1) is 11.0 Å². The van der Waals surface area contributed by atoms with Crippen LogP contribution in [0.15, 0.2) is 24.3 Å². The van der Waals surface area contributed by atoms with E-state index >= 15 is 0 Å². The lowest BCUT2D eigenvalue weighted by atomic mass is 10.2. The summed E-state index contributed by atoms with van der Waals surface area (Å²) in [4.78, 5) is 17.3. The van der Waals surface area contributed by atoms with Gasteiger partial charge in [0.15, 0.2) is 0 Å². The zero-order valence-electron chi connectivity index (χ0n) is 8.14. The molecule has 0 aliphatic heterocycles. The number of nitrogens with zero attached hydrogens (tertiary/aromatic N) is 2. The minimum Gasteiger partial charge on any atom is -0.478 e. The van der Waals surface area contributed by atoms with E-state index in [1.54, 1.807) is 18.2 Å². The molecular weight excluding hydrogens is 206 g/mol. The molecule has 0 saturated carbocycles. The highest BCUT2D eigenvalue weighted by Crippen LogP contribution is 2.17. The smallest absolute Gasteiger partial charge is 0.328 e. The Hall–Kier alpha value is -2.61. The SMILES string of the molecule is N#Cc1nc2c(/C=C/C(=O)O)cccc2[nH]1. The Morgan fingerprint density at radius 1 is 1.56 bits per heavy atom. The Labute approximate surface area is 90.7 Å². The van der Waals surface area contributed by atoms with Crippen molar-refractivity contribution in [3.63, 3.8) is 0 Å². The molecule has 5 heteroatoms. The molecule has 1 heterocycles. The molecule has 5 nitrogen and oxygen atoms in total. The molecule has 0 unspecified atom stereocenters. The Morgan fingerprint density at radius 3 is 3.06 bits per heavy atom. The molecule has 78 valence electrons. The van der Waals surface area contributed by atoms with Crippen LogP contribution in [0.4, 0.5) is 0 Å². The van der Waals surface area contributed by atoms with Gasteiger partial charge in [-0.2, -0.15) is 5.26 Å². The topological polar surface area (TPSA) is 89.8 Å². The van der Waals surface area contributed by atoms with Crippen LogP contribution in [0, 0.1) is 11.3 Å². The molecule has 0 spiro atoms. The van der Waals surface area contributed by atoms with Gasteiger partial charge in [0.1, 0.15) is 6.07 Å². The van der Waals surface area contributed by atoms with Crippen molar-refractivity contribution < 1.29 is 9.90 Å². The summed E-state index contributed by atoms with van der Waals surface area (Å²) in [5.74, 6) is -0.806. The van der Waals surface area contributed by atoms with Gasteiger partial charge in [0, 0.05) is 11.6 Å². The number of imidazole rings is 1. The maximum Gasteiger partial charge on any atom is 0.328 e. The summed E-state index contributed by atoms with van der Waals surface area (Å²) in [6.07, 6.45) is 2.49. The fraction of sp³-hybridized carbons (Fsp3) is 0. The van der Waals surface area contributed by atoms with E-state index < -0.39 is 5.97 Å². The second-order valence-corrected chi connectivity index (χ2v) is 3.11. The van der Waals surface area contributed by atoms with Gasteiger partial charge in [-0.25, -0.2) is 9.78 Å². The molecule has 1 aromatic carbocycles. The first-order valence-corrected chi connectivity index (χ1v) is 4.50. The van der Waals surface area contributed by atoms with Gasteiger partial charge in [-0.1, -0.05) is 12.1 Å². The summed E-state index contributed by atoms with van der Waals surface area (Å²) in [7, 11) is 0. The van der Waals surface area contributed by atoms with Gasteiger partial charge in [-0.15, -0.1) is 0 Å². The molecule has 0 saturated heterocycles. The third-order valence-corrected chi connectivity index (χ3v) is 2.06. The van der Waals surface area contributed by atoms with E-state index in [9.17, 15) is 4.79 Å². The number of H-pyrrole nitrogens is 1. The molecule has 2 aromatic rings. The fourth-order valence-electron chi connectivity index (χ4n) is 1.40. The molecular formula is C11H7N3O2. The van der Waals surface area contributed by atoms with Crippen molar-refractivity contribution in [1.29, 1.82) is 5.26 Å². The predicted molar refractivity (Wildman–Crippen MR) is 57.5 cm³/mol. The van der Waals surface area contributed by atoms with Crippen molar-refractivity contribution >= 4 is 23.1 Å². The number of aromatic amines is 1. The van der Waals surface area contributed by atoms with Crippen LogP contribution in [-0.4, -0.2) is 21.0 Å². The number of rotatable bonds is 2. The van der Waals surface area contributed by atoms with Crippen molar-refractivity contribution in [2.24, 2.45) is 0 Å². The molecule has 0 atom stereocenters. The highest BCUT2D eigenvalue weighted by atomic mass is 16.4. The standard InChI is InChI=1S/C11H7N3O2/c12-6-9-13-8-3-1-2-7(11(8)14-9)4-5-10(15)16/h1-5H,(H,13,14)(H,15,16)/b5-4+. The van der Waals surface area contributed by atoms with Gasteiger partial charge < -0.3 is 10.1 Å². The van der Waals surface area contributed by atoms with Crippen LogP contribution in [0.1, 0.15) is 11.4 Å². The fourth-order valence-corrected chi connectivity index (χ4v) is 1.40. The van der Waals surface area contributed by atoms with Gasteiger partial charge in [0.25, 0.3) is 0 Å². The first-order chi connectivity index (χ1) is 7.70. The number of hydrogen-bond acceptors (Lipinski definition) is 3. The van der Waals surface area contributed by atoms with Crippen molar-refractivity contribution in [2.75, 3.05) is 0 Å². The predicted octanol–water partition coefficient (Wildman–Crippen LogP) is 1.53. The molecule has 0 amide bonds. The second-order valence-electron chi connectivity index (χ2n) is 3.11. The van der Waals surface area contributed by atoms with E-state index in [-0.39, 0.29) is 5.82 Å². The van der Waals surface area contributed by atoms with Crippen LogP contribution in [0.25, 0.3) is 17.1 Å². The molecule has 1 aromatic heterocycles. The zero-order chi connectivity index (χ0) is 11.5. The highest BCUT2D eigenvalue weighted by Gasteiger charge is 2.04. The Morgan fingerprint density at radius 2 is 2.38 bits per heavy atom. The minimum absolute atomic E-state index is 0.214. The average Bonchev–Trinajstić information content (AvgIpc) is 2.69. The average molecular weight is 213 g/mol. The van der Waals surface area contributed by atoms with Gasteiger partial charge in [0.2, 0.25) is 5.82 Å². The van der Waals surface area contributed by atoms with E-state index in [0.717, 1.165) is 6.08 Å². The number of aliphatic carboxylic acids is 1. The summed E-state index contributed by atoms with van der Waals surface area (Å²) in [6, 6.07) is 7.19. The maximum atomic E-state index is 10.4. The van der Waals surface area contributed by atoms with Gasteiger partial charge >= 0.3 is 5.97 Å². The van der Waals surface area contributed by atoms with E-state index in [1.807, 2.05) is 6.07 Å². The van der Waals surface area contributed by atoms with E-state index in [2.05, 4.69) is 9.97 Å². The quantitative estimate of drug-likeness (QED) is 0.740. The number of carbonyl (C=O) groups is 1. The van der Waals surface area contributed by atoms with Crippen LogP contribution in [-0.2, 0) is 4.79 Å². The van der Waals surface area contributed by atoms with E-state index in [0.29, 0.717) is 16.6 Å². The maximum absolute atomic E-state index is 10.4. The lowest BCUT2D eigenvalue weighted by Crippen LogP contribution is -1.86. The number of nitrogens with one attached hydrogen (secondary N) is 1. The summed E-state index contributed by atoms with van der Waals surface area (Å²) in [5, 5.41) is 17.2. The van der Waals surface area contributed by atoms with Crippen LogP contribution < -0.4 is 0 Å². The highest BCUT2D eigenvalue weighted by molar-refractivity contribution is 5.91. The second kappa shape index (κ2) is 3.87. The summed E-state index contributed by atoms with van der Waals surface area (Å²) >= 11 is 0. The molecule has 0 fully saturated rings. The first-order valence-electron chi connectivity index (χ1n) is 4.50. The summed E-state index contributed by atoms with van der Waals surface area (Å²) < 4.78 is 0. The van der Waals surface area contributed by atoms with Crippen LogP contribution in [0.2, 0.25) is 0 Å². The van der Waals surface area contributed by atoms with E-state index in [1.165, 1.54) is 6.08 Å². The number of para-hydroxylation sites is 1. The minimum atomic E-state index is -1.02. The van der Waals surface area contributed by atoms with Crippen molar-refractivity contribution in [1.82, 2.24) is 9.97 Å². The normalized spacial score (nSPS) is 10.7. The molecule has 0 aliphatic carbocycles. The lowest BCUT2D eigenvalue weighted by Gasteiger charge is -1.93. The number of nitriles is 1. The Kier molecular flexibility index (Phi) is 2.40. The molecule has 2 rings (SSSR count). The molecule has 0 radical (unpaired) electrons. The lowest BCUT2D eigenvalue weighted by molar-refractivity contribution is -0.131. The van der Waals surface area contributed by atoms with Crippen LogP contribution >= 0.6 is 0 Å². The van der Waals surface area contributed by atoms with Crippen molar-refractivity contribution in [3.8, 4) is 6.07 Å². The number of carboxylic acid groups (broad SMARTS) is 1. The number of carboxylic acids is 1. The van der Waals surface area contributed by atoms with Crippen LogP contribution in [0.3, 0.4) is 0 Å². The van der Waals surface area contributed by atoms with E-state index in [4.69, 9.17) is 10.4 Å². The third-order valence-electron chi connectivity index (χ3n) is 2.06. The molecule has 0 aliphatic rings. The van der Waals surface area contributed by atoms with Gasteiger partial charge in [-0.05, 0) is 12.1 Å². The summed E-state index contributed by atoms with van der Waals surface area (Å²) in [6.45, 7) is 0. The van der Waals surface area contributed by atoms with Crippen molar-refractivity contribution in [3.05, 3.63) is 35.7 Å². The zero-order valence-corrected chi connectivity index (χ0v) is 8.14. The third kappa shape index (κ3) is 1.77. The Bertz CT molecular complexity index is 620. The monoisotopic (exact) mass is 213 g/mol. The Balaban J connectivity index is 2.58. The van der Waals surface area contributed by atoms with Crippen molar-refractivity contribution in [2.45, 2.75) is 0 Å². The number of aromatic nitrogens is 2. The summed E-state index contributed by atoms with van der Waals surface area (Å²) in [5.41, 5.74) is 1.97. The first kappa shape index (κ1) is 9.93. The number of fused-ring (bicyclic) bond motifs is 1. The van der Waals surface area contributed by atoms with Gasteiger partial charge in [-0.3, -0.25) is 0 Å². The van der Waals surface area contributed by atoms with Crippen LogP contribution in [0.5, 0.6) is 0 Å². The number of benzene rings is 1. The molecule has 2 N–H and O–H groups in total. The molecule has 0 bridgehead atoms. The number of hydrogen-bond donors (Lipinski definition) is 2. The molecule has 16 heavy (non-hydrogen) atoms.